The summed E-state index contributed by atoms with van der Waals surface area (Å²) in [6, 6.07) is 5.85. The van der Waals surface area contributed by atoms with E-state index < -0.39 is 15.8 Å². The Labute approximate surface area is 156 Å². The van der Waals surface area contributed by atoms with Crippen LogP contribution in [0.25, 0.3) is 0 Å². The number of hydrogen-bond donors (Lipinski definition) is 2. The maximum Gasteiger partial charge on any atom is 0.238 e. The Kier molecular flexibility index (Phi) is 4.49. The van der Waals surface area contributed by atoms with Gasteiger partial charge in [0, 0.05) is 24.2 Å². The van der Waals surface area contributed by atoms with Crippen LogP contribution in [0.3, 0.4) is 0 Å². The quantitative estimate of drug-likeness (QED) is 0.812. The van der Waals surface area contributed by atoms with Gasteiger partial charge in [0.2, 0.25) is 16.0 Å². The zero-order chi connectivity index (χ0) is 19.1. The van der Waals surface area contributed by atoms with Crippen molar-refractivity contribution in [2.75, 3.05) is 36.5 Å². The van der Waals surface area contributed by atoms with Crippen LogP contribution in [0.5, 0.6) is 0 Å². The minimum Gasteiger partial charge on any atom is -0.379 e. The number of nitrogens with zero attached hydrogens (tertiary/aromatic N) is 3. The summed E-state index contributed by atoms with van der Waals surface area (Å²) in [6.07, 6.45) is 3.30. The van der Waals surface area contributed by atoms with Crippen LogP contribution in [-0.4, -0.2) is 44.7 Å². The van der Waals surface area contributed by atoms with Crippen molar-refractivity contribution in [3.63, 3.8) is 0 Å². The van der Waals surface area contributed by atoms with Gasteiger partial charge in [-0.25, -0.2) is 22.9 Å². The Bertz CT molecular complexity index is 948. The van der Waals surface area contributed by atoms with E-state index in [0.717, 1.165) is 19.0 Å². The van der Waals surface area contributed by atoms with E-state index in [1.54, 1.807) is 12.1 Å². The molecule has 3 N–H and O–H groups in total. The molecule has 0 radical (unpaired) electrons. The summed E-state index contributed by atoms with van der Waals surface area (Å²) in [5.74, 6) is -0.0157. The van der Waals surface area contributed by atoms with E-state index in [1.165, 1.54) is 12.1 Å². The predicted molar refractivity (Wildman–Crippen MR) is 97.8 cm³/mol. The van der Waals surface area contributed by atoms with Gasteiger partial charge in [-0.2, -0.15) is 4.98 Å². The highest BCUT2D eigenvalue weighted by molar-refractivity contribution is 7.89. The molecule has 27 heavy (non-hydrogen) atoms. The lowest BCUT2D eigenvalue weighted by Gasteiger charge is -2.24. The molecule has 0 unspecified atom stereocenters. The normalized spacial score (nSPS) is 19.0. The monoisotopic (exact) mass is 393 g/mol. The number of rotatable bonds is 4. The summed E-state index contributed by atoms with van der Waals surface area (Å²) < 4.78 is 42.7. The average Bonchev–Trinajstić information content (AvgIpc) is 3.42. The molecule has 2 aliphatic rings. The molecule has 1 spiro atoms. The highest BCUT2D eigenvalue weighted by Crippen LogP contribution is 2.47. The van der Waals surface area contributed by atoms with Gasteiger partial charge >= 0.3 is 0 Å². The van der Waals surface area contributed by atoms with Crippen LogP contribution in [0.15, 0.2) is 35.4 Å². The molecule has 1 aliphatic carbocycles. The molecule has 1 aromatic heterocycles. The van der Waals surface area contributed by atoms with Crippen molar-refractivity contribution in [2.45, 2.75) is 17.7 Å². The molecule has 2 heterocycles. The van der Waals surface area contributed by atoms with Crippen molar-refractivity contribution in [2.24, 2.45) is 10.6 Å². The highest BCUT2D eigenvalue weighted by Gasteiger charge is 2.46. The first-order valence-electron chi connectivity index (χ1n) is 8.60. The number of aromatic nitrogens is 2. The fraction of sp³-hybridized carbons (Fsp3) is 0.412. The molecule has 10 heteroatoms. The van der Waals surface area contributed by atoms with Crippen LogP contribution in [0.1, 0.15) is 12.8 Å². The second-order valence-corrected chi connectivity index (χ2v) is 8.60. The van der Waals surface area contributed by atoms with Crippen LogP contribution in [0.2, 0.25) is 0 Å². The van der Waals surface area contributed by atoms with E-state index in [4.69, 9.17) is 9.88 Å². The van der Waals surface area contributed by atoms with E-state index in [-0.39, 0.29) is 22.1 Å². The average molecular weight is 393 g/mol. The van der Waals surface area contributed by atoms with Gasteiger partial charge in [0.1, 0.15) is 0 Å². The van der Waals surface area contributed by atoms with Crippen LogP contribution >= 0.6 is 0 Å². The third kappa shape index (κ3) is 4.02. The largest absolute Gasteiger partial charge is 0.379 e. The molecule has 4 rings (SSSR count). The summed E-state index contributed by atoms with van der Waals surface area (Å²) in [5, 5.41) is 8.05. The molecule has 1 aromatic carbocycles. The van der Waals surface area contributed by atoms with Crippen molar-refractivity contribution in [1.29, 1.82) is 0 Å². The molecule has 1 saturated carbocycles. The van der Waals surface area contributed by atoms with Gasteiger partial charge in [-0.1, -0.05) is 0 Å². The second kappa shape index (κ2) is 6.70. The third-order valence-electron chi connectivity index (χ3n) is 4.86. The summed E-state index contributed by atoms with van der Waals surface area (Å²) in [4.78, 5) is 10.2. The van der Waals surface area contributed by atoms with Crippen LogP contribution < -0.4 is 15.4 Å². The predicted octanol–water partition coefficient (Wildman–Crippen LogP) is 1.62. The Morgan fingerprint density at radius 1 is 1.26 bits per heavy atom. The molecule has 0 atom stereocenters. The Balaban J connectivity index is 1.55. The second-order valence-electron chi connectivity index (χ2n) is 7.03. The van der Waals surface area contributed by atoms with Gasteiger partial charge in [0.15, 0.2) is 11.6 Å². The standard InChI is InChI=1S/C17H20FN5O3S/c18-14-9-20-16(21-12-1-3-13(4-2-12)27(19,24)25)22-15(14)23-7-8-26-11-17(10-23)5-6-17/h1-4,9H,5-8,10-11H2,(H2,19,24,25)(H,20,21,22). The minimum absolute atomic E-state index is 0.00746. The summed E-state index contributed by atoms with van der Waals surface area (Å²) in [5.41, 5.74) is 0.684. The SMILES string of the molecule is NS(=O)(=O)c1ccc(Nc2ncc(F)c(N3CCOCC4(CC4)C3)n2)cc1. The number of sulfonamides is 1. The minimum atomic E-state index is -3.76. The van der Waals surface area contributed by atoms with E-state index in [2.05, 4.69) is 15.3 Å². The molecule has 0 bridgehead atoms. The molecule has 1 saturated heterocycles. The van der Waals surface area contributed by atoms with Gasteiger partial charge < -0.3 is 15.0 Å². The number of nitrogens with one attached hydrogen (secondary N) is 1. The third-order valence-corrected chi connectivity index (χ3v) is 5.79. The smallest absolute Gasteiger partial charge is 0.238 e. The Hall–Kier alpha value is -2.30. The summed E-state index contributed by atoms with van der Waals surface area (Å²) >= 11 is 0. The van der Waals surface area contributed by atoms with E-state index in [9.17, 15) is 12.8 Å². The van der Waals surface area contributed by atoms with Gasteiger partial charge in [-0.05, 0) is 37.1 Å². The summed E-state index contributed by atoms with van der Waals surface area (Å²) in [7, 11) is -3.76. The fourth-order valence-electron chi connectivity index (χ4n) is 3.15. The maximum absolute atomic E-state index is 14.4. The maximum atomic E-state index is 14.4. The van der Waals surface area contributed by atoms with E-state index in [0.29, 0.717) is 32.0 Å². The van der Waals surface area contributed by atoms with Crippen molar-refractivity contribution >= 4 is 27.5 Å². The molecule has 144 valence electrons. The molecule has 8 nitrogen and oxygen atoms in total. The number of anilines is 3. The molecular weight excluding hydrogens is 373 g/mol. The molecule has 2 aromatic rings. The first-order chi connectivity index (χ1) is 12.8. The van der Waals surface area contributed by atoms with E-state index >= 15 is 0 Å². The first kappa shape index (κ1) is 18.1. The number of hydrogen-bond acceptors (Lipinski definition) is 7. The van der Waals surface area contributed by atoms with Gasteiger partial charge in [-0.3, -0.25) is 0 Å². The van der Waals surface area contributed by atoms with Crippen molar-refractivity contribution in [1.82, 2.24) is 9.97 Å². The number of nitrogens with two attached hydrogens (primary N) is 1. The van der Waals surface area contributed by atoms with Crippen LogP contribution in [0.4, 0.5) is 21.8 Å². The van der Waals surface area contributed by atoms with Crippen molar-refractivity contribution in [3.05, 3.63) is 36.3 Å². The lowest BCUT2D eigenvalue weighted by atomic mass is 10.1. The molecule has 0 amide bonds. The number of benzene rings is 1. The first-order valence-corrected chi connectivity index (χ1v) is 10.1. The fourth-order valence-corrected chi connectivity index (χ4v) is 3.67. The number of ether oxygens (including phenoxy) is 1. The topological polar surface area (TPSA) is 110 Å². The van der Waals surface area contributed by atoms with Gasteiger partial charge in [0.05, 0.1) is 24.3 Å². The summed E-state index contributed by atoms with van der Waals surface area (Å²) in [6.45, 7) is 2.52. The lowest BCUT2D eigenvalue weighted by Crippen LogP contribution is -2.32. The van der Waals surface area contributed by atoms with Crippen LogP contribution in [0, 0.1) is 11.2 Å². The molecular formula is C17H20FN5O3S. The molecule has 1 aliphatic heterocycles. The zero-order valence-electron chi connectivity index (χ0n) is 14.6. The van der Waals surface area contributed by atoms with Gasteiger partial charge in [-0.15, -0.1) is 0 Å². The zero-order valence-corrected chi connectivity index (χ0v) is 15.4. The Morgan fingerprint density at radius 2 is 2.00 bits per heavy atom. The number of halogens is 1. The van der Waals surface area contributed by atoms with Crippen molar-refractivity contribution < 1.29 is 17.5 Å². The van der Waals surface area contributed by atoms with Crippen molar-refractivity contribution in [3.8, 4) is 0 Å². The highest BCUT2D eigenvalue weighted by atomic mass is 32.2. The van der Waals surface area contributed by atoms with Crippen LogP contribution in [-0.2, 0) is 14.8 Å². The van der Waals surface area contributed by atoms with Gasteiger partial charge in [0.25, 0.3) is 0 Å². The number of primary sulfonamides is 1. The lowest BCUT2D eigenvalue weighted by molar-refractivity contribution is 0.116. The van der Waals surface area contributed by atoms with E-state index in [1.807, 2.05) is 4.90 Å². The Morgan fingerprint density at radius 3 is 2.67 bits per heavy atom. The molecule has 2 fully saturated rings.